The largest absolute Gasteiger partial charge is 0.492 e. The summed E-state index contributed by atoms with van der Waals surface area (Å²) >= 11 is 3.24. The molecule has 0 atom stereocenters. The minimum absolute atomic E-state index is 0.0159. The summed E-state index contributed by atoms with van der Waals surface area (Å²) in [5.41, 5.74) is 0.745. The second-order valence-electron chi connectivity index (χ2n) is 3.69. The Morgan fingerprint density at radius 1 is 1.41 bits per heavy atom. The lowest BCUT2D eigenvalue weighted by Crippen LogP contribution is -2.03. The van der Waals surface area contributed by atoms with Gasteiger partial charge in [-0.3, -0.25) is 0 Å². The fraction of sp³-hybridized carbons (Fsp3) is 0.455. The van der Waals surface area contributed by atoms with Gasteiger partial charge in [-0.25, -0.2) is 8.42 Å². The Hall–Kier alpha value is -0.260. The molecule has 6 heteroatoms. The maximum atomic E-state index is 11.5. The number of ether oxygens (including phenoxy) is 1. The number of unbranched alkanes of at least 4 members (excludes halogenated alkanes) is 1. The van der Waals surface area contributed by atoms with Gasteiger partial charge in [0.1, 0.15) is 10.6 Å². The molecule has 0 unspecified atom stereocenters. The van der Waals surface area contributed by atoms with Gasteiger partial charge in [-0.2, -0.15) is 0 Å². The molecule has 0 radical (unpaired) electrons. The predicted octanol–water partition coefficient (Wildman–Crippen LogP) is 3.86. The molecule has 0 aliphatic carbocycles. The molecular formula is C11H14BrClO3S. The molecule has 0 spiro atoms. The molecule has 0 saturated heterocycles. The van der Waals surface area contributed by atoms with E-state index in [1.807, 2.05) is 6.92 Å². The van der Waals surface area contributed by atoms with Crippen LogP contribution in [0, 0.1) is 6.92 Å². The molecule has 0 saturated carbocycles. The highest BCUT2D eigenvalue weighted by molar-refractivity contribution is 9.10. The summed E-state index contributed by atoms with van der Waals surface area (Å²) < 4.78 is 29.1. The average molecular weight is 342 g/mol. The van der Waals surface area contributed by atoms with Crippen LogP contribution in [0.1, 0.15) is 25.3 Å². The molecule has 0 amide bonds. The lowest BCUT2D eigenvalue weighted by atomic mass is 10.2. The van der Waals surface area contributed by atoms with E-state index in [1.165, 1.54) is 6.07 Å². The molecule has 0 fully saturated rings. The molecule has 17 heavy (non-hydrogen) atoms. The highest BCUT2D eigenvalue weighted by Gasteiger charge is 2.19. The molecule has 1 rings (SSSR count). The van der Waals surface area contributed by atoms with E-state index in [4.69, 9.17) is 15.4 Å². The van der Waals surface area contributed by atoms with Crippen LogP contribution in [0.4, 0.5) is 0 Å². The summed E-state index contributed by atoms with van der Waals surface area (Å²) in [7, 11) is 1.59. The van der Waals surface area contributed by atoms with Crippen molar-refractivity contribution in [3.05, 3.63) is 22.2 Å². The fourth-order valence-electron chi connectivity index (χ4n) is 1.38. The Morgan fingerprint density at radius 3 is 2.59 bits per heavy atom. The molecule has 1 aromatic rings. The monoisotopic (exact) mass is 340 g/mol. The van der Waals surface area contributed by atoms with E-state index in [2.05, 4.69) is 15.9 Å². The van der Waals surface area contributed by atoms with E-state index in [-0.39, 0.29) is 4.90 Å². The topological polar surface area (TPSA) is 43.4 Å². The van der Waals surface area contributed by atoms with Crippen LogP contribution >= 0.6 is 26.6 Å². The van der Waals surface area contributed by atoms with Crippen molar-refractivity contribution in [3.63, 3.8) is 0 Å². The van der Waals surface area contributed by atoms with Crippen LogP contribution in [0.25, 0.3) is 0 Å². The van der Waals surface area contributed by atoms with Crippen LogP contribution in [0.3, 0.4) is 0 Å². The molecule has 0 heterocycles. The van der Waals surface area contributed by atoms with Crippen molar-refractivity contribution in [3.8, 4) is 5.75 Å². The van der Waals surface area contributed by atoms with Crippen molar-refractivity contribution < 1.29 is 13.2 Å². The Kier molecular flexibility index (Phi) is 5.28. The van der Waals surface area contributed by atoms with Gasteiger partial charge in [-0.15, -0.1) is 0 Å². The van der Waals surface area contributed by atoms with E-state index in [0.717, 1.165) is 18.4 Å². The Balaban J connectivity index is 3.17. The average Bonchev–Trinajstić information content (AvgIpc) is 2.19. The summed E-state index contributed by atoms with van der Waals surface area (Å²) in [6.45, 7) is 4.31. The lowest BCUT2D eigenvalue weighted by Gasteiger charge is -2.12. The first-order chi connectivity index (χ1) is 7.86. The van der Waals surface area contributed by atoms with Crippen LogP contribution in [0.15, 0.2) is 21.5 Å². The maximum Gasteiger partial charge on any atom is 0.265 e. The summed E-state index contributed by atoms with van der Waals surface area (Å²) in [5.74, 6) is 0.344. The fourth-order valence-corrected chi connectivity index (χ4v) is 3.16. The quantitative estimate of drug-likeness (QED) is 0.603. The Labute approximate surface area is 115 Å². The van der Waals surface area contributed by atoms with Crippen LogP contribution in [0.2, 0.25) is 0 Å². The van der Waals surface area contributed by atoms with E-state index in [0.29, 0.717) is 16.8 Å². The minimum atomic E-state index is -3.80. The van der Waals surface area contributed by atoms with E-state index in [1.54, 1.807) is 13.0 Å². The predicted molar refractivity (Wildman–Crippen MR) is 72.3 cm³/mol. The van der Waals surface area contributed by atoms with Gasteiger partial charge in [0.25, 0.3) is 9.05 Å². The molecule has 0 aliphatic heterocycles. The zero-order valence-corrected chi connectivity index (χ0v) is 12.8. The first kappa shape index (κ1) is 14.8. The lowest BCUT2D eigenvalue weighted by molar-refractivity contribution is 0.299. The molecule has 3 nitrogen and oxygen atoms in total. The molecule has 0 N–H and O–H groups in total. The SMILES string of the molecule is CCCCOc1c(C)cc(Br)cc1S(=O)(=O)Cl. The van der Waals surface area contributed by atoms with Gasteiger partial charge in [0.2, 0.25) is 0 Å². The van der Waals surface area contributed by atoms with Gasteiger partial charge in [0.05, 0.1) is 6.61 Å². The number of halogens is 2. The van der Waals surface area contributed by atoms with Gasteiger partial charge in [0, 0.05) is 15.2 Å². The second-order valence-corrected chi connectivity index (χ2v) is 7.14. The van der Waals surface area contributed by atoms with E-state index >= 15 is 0 Å². The molecule has 0 bridgehead atoms. The molecule has 0 aromatic heterocycles. The summed E-state index contributed by atoms with van der Waals surface area (Å²) in [6, 6.07) is 3.25. The van der Waals surface area contributed by atoms with Crippen molar-refractivity contribution in [2.24, 2.45) is 0 Å². The van der Waals surface area contributed by atoms with Crippen molar-refractivity contribution >= 4 is 35.7 Å². The van der Waals surface area contributed by atoms with Crippen molar-refractivity contribution in [2.75, 3.05) is 6.61 Å². The first-order valence-corrected chi connectivity index (χ1v) is 8.34. The van der Waals surface area contributed by atoms with Gasteiger partial charge < -0.3 is 4.74 Å². The Bertz CT molecular complexity index is 500. The summed E-state index contributed by atoms with van der Waals surface area (Å²) in [5, 5.41) is 0. The summed E-state index contributed by atoms with van der Waals surface area (Å²) in [6.07, 6.45) is 1.86. The van der Waals surface area contributed by atoms with Crippen LogP contribution in [-0.2, 0) is 9.05 Å². The van der Waals surface area contributed by atoms with Crippen LogP contribution in [-0.4, -0.2) is 15.0 Å². The van der Waals surface area contributed by atoms with Gasteiger partial charge in [-0.1, -0.05) is 29.3 Å². The number of hydrogen-bond acceptors (Lipinski definition) is 3. The summed E-state index contributed by atoms with van der Waals surface area (Å²) in [4.78, 5) is 0.0159. The third-order valence-electron chi connectivity index (χ3n) is 2.21. The molecular weight excluding hydrogens is 328 g/mol. The normalized spacial score (nSPS) is 11.5. The first-order valence-electron chi connectivity index (χ1n) is 5.24. The molecule has 0 aliphatic rings. The van der Waals surface area contributed by atoms with Crippen LogP contribution in [0.5, 0.6) is 5.75 Å². The number of rotatable bonds is 5. The van der Waals surface area contributed by atoms with Gasteiger partial charge in [-0.05, 0) is 31.0 Å². The van der Waals surface area contributed by atoms with Crippen molar-refractivity contribution in [1.82, 2.24) is 0 Å². The van der Waals surface area contributed by atoms with Crippen molar-refractivity contribution in [1.29, 1.82) is 0 Å². The number of hydrogen-bond donors (Lipinski definition) is 0. The smallest absolute Gasteiger partial charge is 0.265 e. The highest BCUT2D eigenvalue weighted by atomic mass is 79.9. The molecule has 1 aromatic carbocycles. The highest BCUT2D eigenvalue weighted by Crippen LogP contribution is 2.33. The van der Waals surface area contributed by atoms with Gasteiger partial charge in [0.15, 0.2) is 0 Å². The maximum absolute atomic E-state index is 11.5. The van der Waals surface area contributed by atoms with Crippen molar-refractivity contribution in [2.45, 2.75) is 31.6 Å². The van der Waals surface area contributed by atoms with Gasteiger partial charge >= 0.3 is 0 Å². The minimum Gasteiger partial charge on any atom is -0.492 e. The third kappa shape index (κ3) is 4.16. The number of benzene rings is 1. The zero-order valence-electron chi connectivity index (χ0n) is 9.66. The number of aryl methyl sites for hydroxylation is 1. The van der Waals surface area contributed by atoms with E-state index < -0.39 is 9.05 Å². The standard InChI is InChI=1S/C11H14BrClO3S/c1-3-4-5-16-11-8(2)6-9(12)7-10(11)17(13,14)15/h6-7H,3-5H2,1-2H3. The van der Waals surface area contributed by atoms with Crippen LogP contribution < -0.4 is 4.74 Å². The third-order valence-corrected chi connectivity index (χ3v) is 4.00. The molecule has 96 valence electrons. The second kappa shape index (κ2) is 6.07. The van der Waals surface area contributed by atoms with E-state index in [9.17, 15) is 8.42 Å². The zero-order chi connectivity index (χ0) is 13.1. The Morgan fingerprint density at radius 2 is 2.06 bits per heavy atom.